The standard InChI is InChI=1S/C25H22ClN5O3/c26-19-13-28-22-12-16(6-9-18(19)22)25(34)30-21-3-1-2-20(21)29-24(33)15-4-7-17(8-5-15)31-11-10-27-14-23(31)32/h4-14,20-21,28H,1-3H2,(H,29,33)(H,30,34)/t20-,21+/m0/s1. The van der Waals surface area contributed by atoms with E-state index in [0.717, 1.165) is 30.2 Å². The van der Waals surface area contributed by atoms with Crippen molar-refractivity contribution in [2.24, 2.45) is 0 Å². The van der Waals surface area contributed by atoms with Gasteiger partial charge in [0.15, 0.2) is 0 Å². The number of nitrogens with one attached hydrogen (secondary N) is 3. The highest BCUT2D eigenvalue weighted by atomic mass is 35.5. The molecule has 0 aliphatic heterocycles. The van der Waals surface area contributed by atoms with Gasteiger partial charge in [0.05, 0.1) is 11.2 Å². The summed E-state index contributed by atoms with van der Waals surface area (Å²) in [5.74, 6) is -0.409. The third-order valence-electron chi connectivity index (χ3n) is 6.17. The number of nitrogens with zero attached hydrogens (tertiary/aromatic N) is 2. The van der Waals surface area contributed by atoms with Crippen molar-refractivity contribution in [3.63, 3.8) is 0 Å². The maximum absolute atomic E-state index is 12.8. The van der Waals surface area contributed by atoms with Crippen molar-refractivity contribution in [1.82, 2.24) is 25.2 Å². The largest absolute Gasteiger partial charge is 0.360 e. The molecule has 1 saturated carbocycles. The summed E-state index contributed by atoms with van der Waals surface area (Å²) in [6.07, 6.45) is 8.51. The summed E-state index contributed by atoms with van der Waals surface area (Å²) in [6, 6.07) is 11.8. The second-order valence-corrected chi connectivity index (χ2v) is 8.73. The molecule has 3 N–H and O–H groups in total. The predicted molar refractivity (Wildman–Crippen MR) is 130 cm³/mol. The van der Waals surface area contributed by atoms with E-state index in [0.29, 0.717) is 21.8 Å². The molecule has 9 heteroatoms. The van der Waals surface area contributed by atoms with E-state index in [1.807, 2.05) is 6.07 Å². The van der Waals surface area contributed by atoms with Crippen LogP contribution in [-0.2, 0) is 0 Å². The fourth-order valence-corrected chi connectivity index (χ4v) is 4.59. The molecule has 0 saturated heterocycles. The van der Waals surface area contributed by atoms with Crippen LogP contribution < -0.4 is 16.2 Å². The Bertz CT molecular complexity index is 1430. The molecule has 1 aliphatic carbocycles. The Morgan fingerprint density at radius 2 is 1.68 bits per heavy atom. The second-order valence-electron chi connectivity index (χ2n) is 8.32. The lowest BCUT2D eigenvalue weighted by Gasteiger charge is -2.22. The molecule has 4 aromatic rings. The molecule has 172 valence electrons. The molecule has 0 radical (unpaired) electrons. The van der Waals surface area contributed by atoms with Gasteiger partial charge in [0.25, 0.3) is 17.4 Å². The van der Waals surface area contributed by atoms with Crippen molar-refractivity contribution in [3.05, 3.63) is 93.8 Å². The molecule has 8 nitrogen and oxygen atoms in total. The average Bonchev–Trinajstić information content (AvgIpc) is 3.45. The zero-order chi connectivity index (χ0) is 23.7. The van der Waals surface area contributed by atoms with Crippen LogP contribution in [0.3, 0.4) is 0 Å². The Hall–Kier alpha value is -3.91. The molecule has 5 rings (SSSR count). The van der Waals surface area contributed by atoms with Gasteiger partial charge in [-0.1, -0.05) is 17.7 Å². The van der Waals surface area contributed by atoms with Crippen LogP contribution in [0.5, 0.6) is 0 Å². The van der Waals surface area contributed by atoms with Crippen molar-refractivity contribution in [1.29, 1.82) is 0 Å². The topological polar surface area (TPSA) is 109 Å². The fourth-order valence-electron chi connectivity index (χ4n) is 4.38. The van der Waals surface area contributed by atoms with Crippen molar-refractivity contribution in [2.75, 3.05) is 0 Å². The highest BCUT2D eigenvalue weighted by Gasteiger charge is 2.30. The SMILES string of the molecule is O=C(N[C@H]1CCC[C@H]1NC(=O)c1ccc2c(Cl)c[nH]c2c1)c1ccc(-n2ccncc2=O)cc1. The van der Waals surface area contributed by atoms with Crippen molar-refractivity contribution in [3.8, 4) is 5.69 Å². The number of benzene rings is 2. The molecule has 2 atom stereocenters. The smallest absolute Gasteiger partial charge is 0.273 e. The van der Waals surface area contributed by atoms with E-state index in [1.165, 1.54) is 17.0 Å². The third kappa shape index (κ3) is 4.32. The molecule has 2 heterocycles. The minimum absolute atomic E-state index is 0.158. The van der Waals surface area contributed by atoms with Gasteiger partial charge in [0, 0.05) is 58.4 Å². The molecule has 2 amide bonds. The number of carbonyl (C=O) groups excluding carboxylic acids is 2. The van der Waals surface area contributed by atoms with E-state index < -0.39 is 0 Å². The van der Waals surface area contributed by atoms with Crippen LogP contribution in [-0.4, -0.2) is 38.4 Å². The first-order valence-corrected chi connectivity index (χ1v) is 11.4. The lowest BCUT2D eigenvalue weighted by atomic mass is 10.1. The highest BCUT2D eigenvalue weighted by Crippen LogP contribution is 2.24. The van der Waals surface area contributed by atoms with Gasteiger partial charge in [-0.25, -0.2) is 0 Å². The Morgan fingerprint density at radius 3 is 2.38 bits per heavy atom. The number of aromatic amines is 1. The Balaban J connectivity index is 1.24. The first-order valence-electron chi connectivity index (χ1n) is 11.0. The van der Waals surface area contributed by atoms with Gasteiger partial charge in [-0.2, -0.15) is 0 Å². The number of hydrogen-bond donors (Lipinski definition) is 3. The Kier molecular flexibility index (Phi) is 5.90. The normalized spacial score (nSPS) is 17.6. The van der Waals surface area contributed by atoms with Crippen LogP contribution in [0.15, 0.2) is 72.0 Å². The van der Waals surface area contributed by atoms with Crippen molar-refractivity contribution < 1.29 is 9.59 Å². The van der Waals surface area contributed by atoms with Gasteiger partial charge >= 0.3 is 0 Å². The zero-order valence-corrected chi connectivity index (χ0v) is 18.9. The number of hydrogen-bond acceptors (Lipinski definition) is 4. The van der Waals surface area contributed by atoms with Gasteiger partial charge in [-0.3, -0.25) is 23.9 Å². The molecule has 2 aromatic heterocycles. The van der Waals surface area contributed by atoms with E-state index >= 15 is 0 Å². The van der Waals surface area contributed by atoms with E-state index in [9.17, 15) is 14.4 Å². The zero-order valence-electron chi connectivity index (χ0n) is 18.1. The first kappa shape index (κ1) is 21.9. The number of halogens is 1. The van der Waals surface area contributed by atoms with Crippen molar-refractivity contribution >= 4 is 34.3 Å². The maximum Gasteiger partial charge on any atom is 0.273 e. The fraction of sp³-hybridized carbons (Fsp3) is 0.200. The highest BCUT2D eigenvalue weighted by molar-refractivity contribution is 6.35. The molecule has 2 aromatic carbocycles. The van der Waals surface area contributed by atoms with Crippen molar-refractivity contribution in [2.45, 2.75) is 31.3 Å². The van der Waals surface area contributed by atoms with E-state index in [1.54, 1.807) is 48.8 Å². The lowest BCUT2D eigenvalue weighted by molar-refractivity contribution is 0.0892. The van der Waals surface area contributed by atoms with Gasteiger partial charge in [0.1, 0.15) is 0 Å². The number of H-pyrrole nitrogens is 1. The molecule has 1 fully saturated rings. The third-order valence-corrected chi connectivity index (χ3v) is 6.49. The van der Waals surface area contributed by atoms with Crippen LogP contribution in [0.1, 0.15) is 40.0 Å². The van der Waals surface area contributed by atoms with Gasteiger partial charge in [-0.05, 0) is 55.7 Å². The quantitative estimate of drug-likeness (QED) is 0.410. The van der Waals surface area contributed by atoms with Crippen LogP contribution >= 0.6 is 11.6 Å². The molecule has 34 heavy (non-hydrogen) atoms. The number of fused-ring (bicyclic) bond motifs is 1. The van der Waals surface area contributed by atoms with Crippen LogP contribution in [0.25, 0.3) is 16.6 Å². The molecule has 0 bridgehead atoms. The number of carbonyl (C=O) groups is 2. The summed E-state index contributed by atoms with van der Waals surface area (Å²) in [6.45, 7) is 0. The summed E-state index contributed by atoms with van der Waals surface area (Å²) in [5.41, 5.74) is 2.21. The predicted octanol–water partition coefficient (Wildman–Crippen LogP) is 3.45. The molecular weight excluding hydrogens is 454 g/mol. The summed E-state index contributed by atoms with van der Waals surface area (Å²) < 4.78 is 1.45. The monoisotopic (exact) mass is 475 g/mol. The summed E-state index contributed by atoms with van der Waals surface area (Å²) >= 11 is 6.12. The Morgan fingerprint density at radius 1 is 1.00 bits per heavy atom. The van der Waals surface area contributed by atoms with E-state index in [2.05, 4.69) is 20.6 Å². The van der Waals surface area contributed by atoms with Gasteiger partial charge in [-0.15, -0.1) is 0 Å². The number of aromatic nitrogens is 3. The number of amides is 2. The first-order chi connectivity index (χ1) is 16.5. The average molecular weight is 476 g/mol. The second kappa shape index (κ2) is 9.15. The van der Waals surface area contributed by atoms with Crippen LogP contribution in [0.2, 0.25) is 5.02 Å². The van der Waals surface area contributed by atoms with Gasteiger partial charge < -0.3 is 15.6 Å². The summed E-state index contributed by atoms with van der Waals surface area (Å²) in [5, 5.41) is 7.59. The summed E-state index contributed by atoms with van der Waals surface area (Å²) in [4.78, 5) is 44.5. The Labute approximate surface area is 200 Å². The minimum Gasteiger partial charge on any atom is -0.360 e. The van der Waals surface area contributed by atoms with E-state index in [4.69, 9.17) is 11.6 Å². The molecule has 0 unspecified atom stereocenters. The molecule has 0 spiro atoms. The van der Waals surface area contributed by atoms with Crippen LogP contribution in [0, 0.1) is 0 Å². The molecule has 1 aliphatic rings. The maximum atomic E-state index is 12.8. The minimum atomic E-state index is -0.247. The van der Waals surface area contributed by atoms with E-state index in [-0.39, 0.29) is 29.5 Å². The van der Waals surface area contributed by atoms with Crippen LogP contribution in [0.4, 0.5) is 0 Å². The molecular formula is C25H22ClN5O3. The number of rotatable bonds is 5. The van der Waals surface area contributed by atoms with Gasteiger partial charge in [0.2, 0.25) is 0 Å². The summed E-state index contributed by atoms with van der Waals surface area (Å²) in [7, 11) is 0. The lowest BCUT2D eigenvalue weighted by Crippen LogP contribution is -2.48.